The van der Waals surface area contributed by atoms with E-state index in [1.807, 2.05) is 0 Å². The Balaban J connectivity index is 2.53. The minimum absolute atomic E-state index is 0.346. The van der Waals surface area contributed by atoms with E-state index in [0.29, 0.717) is 23.7 Å². The van der Waals surface area contributed by atoms with Crippen LogP contribution in [0.25, 0.3) is 0 Å². The van der Waals surface area contributed by atoms with Gasteiger partial charge in [0.05, 0.1) is 24.8 Å². The largest absolute Gasteiger partial charge is 0.465 e. The molecule has 0 aliphatic carbocycles. The van der Waals surface area contributed by atoms with Crippen molar-refractivity contribution >= 4 is 11.9 Å². The number of esters is 2. The van der Waals surface area contributed by atoms with Crippen LogP contribution in [0.15, 0.2) is 24.3 Å². The van der Waals surface area contributed by atoms with E-state index in [0.717, 1.165) is 25.7 Å². The molecule has 0 fully saturated rings. The molecule has 4 nitrogen and oxygen atoms in total. The molecule has 4 heteroatoms. The van der Waals surface area contributed by atoms with Crippen LogP contribution in [-0.4, -0.2) is 25.7 Å². The van der Waals surface area contributed by atoms with Crippen molar-refractivity contribution in [2.45, 2.75) is 39.5 Å². The summed E-state index contributed by atoms with van der Waals surface area (Å²) in [6.07, 6.45) is 4.40. The number of unbranched alkanes of at least 4 members (excludes halogenated alkanes) is 1. The number of hydrogen-bond acceptors (Lipinski definition) is 4. The van der Waals surface area contributed by atoms with Gasteiger partial charge in [0, 0.05) is 0 Å². The molecule has 0 amide bonds. The molecule has 0 aliphatic rings. The number of carbonyl (C=O) groups excluding carboxylic acids is 2. The molecule has 1 aromatic rings. The minimum atomic E-state index is -0.416. The van der Waals surface area contributed by atoms with Gasteiger partial charge in [0.1, 0.15) is 0 Å². The van der Waals surface area contributed by atoms with Crippen LogP contribution >= 0.6 is 0 Å². The van der Waals surface area contributed by atoms with Gasteiger partial charge in [-0.2, -0.15) is 0 Å². The molecule has 1 atom stereocenters. The zero-order chi connectivity index (χ0) is 15.7. The molecule has 0 heterocycles. The van der Waals surface area contributed by atoms with Gasteiger partial charge in [-0.05, 0) is 36.6 Å². The molecule has 0 bridgehead atoms. The summed E-state index contributed by atoms with van der Waals surface area (Å²) in [5.41, 5.74) is 0.872. The highest BCUT2D eigenvalue weighted by Gasteiger charge is 2.13. The first-order chi connectivity index (χ1) is 10.1. The van der Waals surface area contributed by atoms with Crippen molar-refractivity contribution in [2.75, 3.05) is 13.7 Å². The zero-order valence-electron chi connectivity index (χ0n) is 13.1. The van der Waals surface area contributed by atoms with Crippen molar-refractivity contribution in [1.29, 1.82) is 0 Å². The Bertz CT molecular complexity index is 450. The fraction of sp³-hybridized carbons (Fsp3) is 0.529. The first-order valence-electron chi connectivity index (χ1n) is 7.47. The first-order valence-corrected chi connectivity index (χ1v) is 7.47. The predicted octanol–water partition coefficient (Wildman–Crippen LogP) is 3.85. The maximum Gasteiger partial charge on any atom is 0.338 e. The number of ether oxygens (including phenoxy) is 2. The fourth-order valence-corrected chi connectivity index (χ4v) is 2.04. The minimum Gasteiger partial charge on any atom is -0.465 e. The Morgan fingerprint density at radius 3 is 2.10 bits per heavy atom. The van der Waals surface area contributed by atoms with Crippen LogP contribution < -0.4 is 0 Å². The Morgan fingerprint density at radius 1 is 1.05 bits per heavy atom. The summed E-state index contributed by atoms with van der Waals surface area (Å²) >= 11 is 0. The van der Waals surface area contributed by atoms with Crippen LogP contribution in [0.4, 0.5) is 0 Å². The van der Waals surface area contributed by atoms with Gasteiger partial charge in [-0.1, -0.05) is 33.1 Å². The lowest BCUT2D eigenvalue weighted by Gasteiger charge is -2.14. The standard InChI is InChI=1S/C17H24O4/c1-4-6-7-13(5-2)12-21-17(19)15-10-8-14(9-11-15)16(18)20-3/h8-11,13H,4-7,12H2,1-3H3. The second-order valence-electron chi connectivity index (χ2n) is 5.08. The van der Waals surface area contributed by atoms with Crippen LogP contribution in [0.1, 0.15) is 60.2 Å². The number of rotatable bonds is 8. The molecule has 0 saturated heterocycles. The van der Waals surface area contributed by atoms with Crippen LogP contribution in [0, 0.1) is 5.92 Å². The lowest BCUT2D eigenvalue weighted by molar-refractivity contribution is 0.0427. The van der Waals surface area contributed by atoms with E-state index in [9.17, 15) is 9.59 Å². The quantitative estimate of drug-likeness (QED) is 0.683. The smallest absolute Gasteiger partial charge is 0.338 e. The Hall–Kier alpha value is -1.84. The summed E-state index contributed by atoms with van der Waals surface area (Å²) in [4.78, 5) is 23.3. The van der Waals surface area contributed by atoms with Crippen molar-refractivity contribution in [3.8, 4) is 0 Å². The van der Waals surface area contributed by atoms with E-state index in [1.54, 1.807) is 24.3 Å². The lowest BCUT2D eigenvalue weighted by Crippen LogP contribution is -2.14. The maximum atomic E-state index is 12.0. The SMILES string of the molecule is CCCCC(CC)COC(=O)c1ccc(C(=O)OC)cc1. The Kier molecular flexibility index (Phi) is 7.51. The van der Waals surface area contributed by atoms with E-state index in [1.165, 1.54) is 7.11 Å². The fourth-order valence-electron chi connectivity index (χ4n) is 2.04. The summed E-state index contributed by atoms with van der Waals surface area (Å²) < 4.78 is 9.96. The van der Waals surface area contributed by atoms with E-state index < -0.39 is 5.97 Å². The number of hydrogen-bond donors (Lipinski definition) is 0. The zero-order valence-corrected chi connectivity index (χ0v) is 13.1. The summed E-state index contributed by atoms with van der Waals surface area (Å²) in [6.45, 7) is 4.72. The van der Waals surface area contributed by atoms with Crippen LogP contribution in [0.2, 0.25) is 0 Å². The number of methoxy groups -OCH3 is 1. The third-order valence-corrected chi connectivity index (χ3v) is 3.54. The normalized spacial score (nSPS) is 11.8. The highest BCUT2D eigenvalue weighted by atomic mass is 16.5. The second-order valence-corrected chi connectivity index (χ2v) is 5.08. The molecule has 1 rings (SSSR count). The highest BCUT2D eigenvalue weighted by Crippen LogP contribution is 2.14. The van der Waals surface area contributed by atoms with E-state index in [-0.39, 0.29) is 5.97 Å². The second kappa shape index (κ2) is 9.16. The molecule has 1 aromatic carbocycles. The van der Waals surface area contributed by atoms with Crippen LogP contribution in [0.3, 0.4) is 0 Å². The van der Waals surface area contributed by atoms with E-state index in [4.69, 9.17) is 4.74 Å². The molecule has 0 saturated carbocycles. The van der Waals surface area contributed by atoms with Crippen molar-refractivity contribution in [1.82, 2.24) is 0 Å². The molecule has 116 valence electrons. The van der Waals surface area contributed by atoms with Gasteiger partial charge >= 0.3 is 11.9 Å². The first kappa shape index (κ1) is 17.2. The van der Waals surface area contributed by atoms with Crippen molar-refractivity contribution in [3.05, 3.63) is 35.4 Å². The van der Waals surface area contributed by atoms with Gasteiger partial charge in [0.2, 0.25) is 0 Å². The molecule has 1 unspecified atom stereocenters. The van der Waals surface area contributed by atoms with Crippen LogP contribution in [-0.2, 0) is 9.47 Å². The third kappa shape index (κ3) is 5.58. The predicted molar refractivity (Wildman–Crippen MR) is 81.4 cm³/mol. The average molecular weight is 292 g/mol. The Morgan fingerprint density at radius 2 is 1.62 bits per heavy atom. The maximum absolute atomic E-state index is 12.0. The molecule has 0 aromatic heterocycles. The summed E-state index contributed by atoms with van der Waals surface area (Å²) in [5, 5.41) is 0. The van der Waals surface area contributed by atoms with Gasteiger partial charge in [0.25, 0.3) is 0 Å². The van der Waals surface area contributed by atoms with Gasteiger partial charge in [-0.3, -0.25) is 0 Å². The van der Waals surface area contributed by atoms with Crippen molar-refractivity contribution in [3.63, 3.8) is 0 Å². The molecule has 0 radical (unpaired) electrons. The van der Waals surface area contributed by atoms with Crippen molar-refractivity contribution in [2.24, 2.45) is 5.92 Å². The monoisotopic (exact) mass is 292 g/mol. The van der Waals surface area contributed by atoms with Gasteiger partial charge in [0.15, 0.2) is 0 Å². The van der Waals surface area contributed by atoms with E-state index >= 15 is 0 Å². The summed E-state index contributed by atoms with van der Waals surface area (Å²) in [5.74, 6) is -0.342. The number of carbonyl (C=O) groups is 2. The van der Waals surface area contributed by atoms with Gasteiger partial charge in [-0.25, -0.2) is 9.59 Å². The molecule has 0 aliphatic heterocycles. The van der Waals surface area contributed by atoms with Gasteiger partial charge < -0.3 is 9.47 Å². The molecule has 21 heavy (non-hydrogen) atoms. The summed E-state index contributed by atoms with van der Waals surface area (Å²) in [7, 11) is 1.33. The van der Waals surface area contributed by atoms with Crippen LogP contribution in [0.5, 0.6) is 0 Å². The number of benzene rings is 1. The lowest BCUT2D eigenvalue weighted by atomic mass is 10.0. The molecule has 0 N–H and O–H groups in total. The van der Waals surface area contributed by atoms with Crippen molar-refractivity contribution < 1.29 is 19.1 Å². The van der Waals surface area contributed by atoms with E-state index in [2.05, 4.69) is 18.6 Å². The Labute approximate surface area is 126 Å². The van der Waals surface area contributed by atoms with Gasteiger partial charge in [-0.15, -0.1) is 0 Å². The highest BCUT2D eigenvalue weighted by molar-refractivity contribution is 5.93. The molecular weight excluding hydrogens is 268 g/mol. The molecule has 0 spiro atoms. The topological polar surface area (TPSA) is 52.6 Å². The average Bonchev–Trinajstić information content (AvgIpc) is 2.54. The molecular formula is C17H24O4. The third-order valence-electron chi connectivity index (χ3n) is 3.54. The summed E-state index contributed by atoms with van der Waals surface area (Å²) in [6, 6.07) is 6.30.